The Balaban J connectivity index is 2.12. The zero-order chi connectivity index (χ0) is 15.4. The molecule has 2 atom stereocenters. The molecule has 1 saturated carbocycles. The highest BCUT2D eigenvalue weighted by molar-refractivity contribution is 6.42. The topological polar surface area (TPSA) is 66.4 Å². The quantitative estimate of drug-likeness (QED) is 0.830. The van der Waals surface area contributed by atoms with E-state index in [-0.39, 0.29) is 11.9 Å². The molecule has 1 aliphatic carbocycles. The van der Waals surface area contributed by atoms with Crippen LogP contribution in [-0.4, -0.2) is 23.0 Å². The Morgan fingerprint density at radius 2 is 1.81 bits per heavy atom. The van der Waals surface area contributed by atoms with E-state index in [4.69, 9.17) is 23.2 Å². The van der Waals surface area contributed by atoms with Crippen LogP contribution >= 0.6 is 23.2 Å². The van der Waals surface area contributed by atoms with Crippen LogP contribution in [0, 0.1) is 5.92 Å². The summed E-state index contributed by atoms with van der Waals surface area (Å²) in [5, 5.41) is 12.8. The lowest BCUT2D eigenvalue weighted by Gasteiger charge is -2.23. The van der Waals surface area contributed by atoms with Crippen LogP contribution < -0.4 is 5.32 Å². The van der Waals surface area contributed by atoms with Gasteiger partial charge in [0.05, 0.1) is 16.0 Å². The molecule has 0 bridgehead atoms. The van der Waals surface area contributed by atoms with Gasteiger partial charge in [0.2, 0.25) is 0 Å². The summed E-state index contributed by atoms with van der Waals surface area (Å²) >= 11 is 11.7. The fourth-order valence-electron chi connectivity index (χ4n) is 2.67. The molecule has 2 N–H and O–H groups in total. The highest BCUT2D eigenvalue weighted by Crippen LogP contribution is 2.25. The normalized spacial score (nSPS) is 22.4. The minimum Gasteiger partial charge on any atom is -0.481 e. The third-order valence-corrected chi connectivity index (χ3v) is 4.57. The van der Waals surface area contributed by atoms with E-state index >= 15 is 0 Å². The van der Waals surface area contributed by atoms with Crippen LogP contribution in [0.15, 0.2) is 18.2 Å². The van der Waals surface area contributed by atoms with Crippen molar-refractivity contribution in [2.24, 2.45) is 5.92 Å². The minimum absolute atomic E-state index is 0.306. The van der Waals surface area contributed by atoms with Gasteiger partial charge in [-0.25, -0.2) is 0 Å². The molecular weight excluding hydrogens is 313 g/mol. The SMILES string of the molecule is O=C(NC1CCCCCC1C(=O)O)c1ccc(Cl)c(Cl)c1. The molecule has 1 aromatic carbocycles. The summed E-state index contributed by atoms with van der Waals surface area (Å²) in [6.07, 6.45) is 4.10. The summed E-state index contributed by atoms with van der Waals surface area (Å²) in [6.45, 7) is 0. The first kappa shape index (κ1) is 16.1. The number of carboxylic acid groups (broad SMARTS) is 1. The summed E-state index contributed by atoms with van der Waals surface area (Å²) in [4.78, 5) is 23.6. The van der Waals surface area contributed by atoms with Crippen LogP contribution in [-0.2, 0) is 4.79 Å². The number of carbonyl (C=O) groups excluding carboxylic acids is 1. The Kier molecular flexibility index (Phi) is 5.48. The second-order valence-electron chi connectivity index (χ2n) is 5.29. The second kappa shape index (κ2) is 7.14. The summed E-state index contributed by atoms with van der Waals surface area (Å²) < 4.78 is 0. The molecule has 0 aromatic heterocycles. The van der Waals surface area contributed by atoms with Crippen molar-refractivity contribution < 1.29 is 14.7 Å². The summed E-state index contributed by atoms with van der Waals surface area (Å²) in [6, 6.07) is 4.29. The number of carboxylic acids is 1. The lowest BCUT2D eigenvalue weighted by Crippen LogP contribution is -2.42. The van der Waals surface area contributed by atoms with Crippen LogP contribution in [0.2, 0.25) is 10.0 Å². The highest BCUT2D eigenvalue weighted by Gasteiger charge is 2.30. The van der Waals surface area contributed by atoms with Crippen molar-refractivity contribution >= 4 is 35.1 Å². The Morgan fingerprint density at radius 1 is 1.10 bits per heavy atom. The lowest BCUT2D eigenvalue weighted by molar-refractivity contribution is -0.142. The van der Waals surface area contributed by atoms with Crippen molar-refractivity contribution in [3.05, 3.63) is 33.8 Å². The maximum Gasteiger partial charge on any atom is 0.308 e. The number of amides is 1. The number of carbonyl (C=O) groups is 2. The van der Waals surface area contributed by atoms with E-state index in [9.17, 15) is 14.7 Å². The van der Waals surface area contributed by atoms with Crippen molar-refractivity contribution in [3.63, 3.8) is 0 Å². The van der Waals surface area contributed by atoms with Gasteiger partial charge in [0, 0.05) is 11.6 Å². The van der Waals surface area contributed by atoms with Crippen molar-refractivity contribution in [2.45, 2.75) is 38.1 Å². The summed E-state index contributed by atoms with van der Waals surface area (Å²) in [5.41, 5.74) is 0.387. The number of benzene rings is 1. The van der Waals surface area contributed by atoms with Crippen molar-refractivity contribution in [2.75, 3.05) is 0 Å². The fraction of sp³-hybridized carbons (Fsp3) is 0.467. The van der Waals surface area contributed by atoms with Gasteiger partial charge in [0.15, 0.2) is 0 Å². The molecule has 114 valence electrons. The van der Waals surface area contributed by atoms with Gasteiger partial charge in [0.25, 0.3) is 5.91 Å². The fourth-order valence-corrected chi connectivity index (χ4v) is 2.96. The van der Waals surface area contributed by atoms with E-state index in [1.807, 2.05) is 0 Å². The maximum atomic E-state index is 12.3. The van der Waals surface area contributed by atoms with Gasteiger partial charge in [-0.2, -0.15) is 0 Å². The molecule has 1 amide bonds. The monoisotopic (exact) mass is 329 g/mol. The van der Waals surface area contributed by atoms with Gasteiger partial charge in [-0.15, -0.1) is 0 Å². The van der Waals surface area contributed by atoms with Gasteiger partial charge in [0.1, 0.15) is 0 Å². The zero-order valence-electron chi connectivity index (χ0n) is 11.4. The molecule has 0 aliphatic heterocycles. The maximum absolute atomic E-state index is 12.3. The standard InChI is InChI=1S/C15H17Cl2NO3/c16-11-7-6-9(8-12(11)17)14(19)18-13-5-3-1-2-4-10(13)15(20)21/h6-8,10,13H,1-5H2,(H,18,19)(H,20,21). The molecule has 6 heteroatoms. The molecule has 21 heavy (non-hydrogen) atoms. The van der Waals surface area contributed by atoms with Crippen LogP contribution in [0.1, 0.15) is 42.5 Å². The Morgan fingerprint density at radius 3 is 2.48 bits per heavy atom. The molecule has 0 spiro atoms. The molecule has 2 rings (SSSR count). The summed E-state index contributed by atoms with van der Waals surface area (Å²) in [7, 11) is 0. The molecule has 2 unspecified atom stereocenters. The zero-order valence-corrected chi connectivity index (χ0v) is 13.0. The number of nitrogens with one attached hydrogen (secondary N) is 1. The van der Waals surface area contributed by atoms with Crippen molar-refractivity contribution in [1.82, 2.24) is 5.32 Å². The van der Waals surface area contributed by atoms with Crippen molar-refractivity contribution in [3.8, 4) is 0 Å². The molecule has 4 nitrogen and oxygen atoms in total. The molecule has 1 aliphatic rings. The third-order valence-electron chi connectivity index (χ3n) is 3.83. The largest absolute Gasteiger partial charge is 0.481 e. The number of halogens is 2. The van der Waals surface area contributed by atoms with Gasteiger partial charge < -0.3 is 10.4 Å². The molecule has 0 radical (unpaired) electrons. The van der Waals surface area contributed by atoms with Crippen LogP contribution in [0.4, 0.5) is 0 Å². The van der Waals surface area contributed by atoms with Gasteiger partial charge >= 0.3 is 5.97 Å². The van der Waals surface area contributed by atoms with E-state index in [0.717, 1.165) is 19.3 Å². The second-order valence-corrected chi connectivity index (χ2v) is 6.11. The molecule has 1 aromatic rings. The van der Waals surface area contributed by atoms with E-state index < -0.39 is 11.9 Å². The third kappa shape index (κ3) is 4.11. The smallest absolute Gasteiger partial charge is 0.308 e. The van der Waals surface area contributed by atoms with Gasteiger partial charge in [-0.05, 0) is 31.0 Å². The first-order valence-corrected chi connectivity index (χ1v) is 7.73. The Bertz CT molecular complexity index is 548. The lowest BCUT2D eigenvalue weighted by atomic mass is 9.94. The summed E-state index contributed by atoms with van der Waals surface area (Å²) in [5.74, 6) is -1.69. The van der Waals surface area contributed by atoms with E-state index in [1.165, 1.54) is 6.07 Å². The first-order chi connectivity index (χ1) is 9.99. The Labute approximate surface area is 133 Å². The first-order valence-electron chi connectivity index (χ1n) is 6.98. The van der Waals surface area contributed by atoms with Gasteiger partial charge in [-0.1, -0.05) is 42.5 Å². The number of rotatable bonds is 3. The van der Waals surface area contributed by atoms with E-state index in [1.54, 1.807) is 12.1 Å². The number of aliphatic carboxylic acids is 1. The van der Waals surface area contributed by atoms with Crippen LogP contribution in [0.3, 0.4) is 0 Å². The van der Waals surface area contributed by atoms with E-state index in [0.29, 0.717) is 28.5 Å². The van der Waals surface area contributed by atoms with Crippen molar-refractivity contribution in [1.29, 1.82) is 0 Å². The molecule has 1 fully saturated rings. The average Bonchev–Trinajstić information content (AvgIpc) is 2.67. The van der Waals surface area contributed by atoms with Crippen LogP contribution in [0.5, 0.6) is 0 Å². The predicted octanol–water partition coefficient (Wildman–Crippen LogP) is 3.76. The predicted molar refractivity (Wildman–Crippen MR) is 81.9 cm³/mol. The highest BCUT2D eigenvalue weighted by atomic mass is 35.5. The number of hydrogen-bond donors (Lipinski definition) is 2. The van der Waals surface area contributed by atoms with E-state index in [2.05, 4.69) is 5.32 Å². The molecule has 0 saturated heterocycles. The minimum atomic E-state index is -0.851. The van der Waals surface area contributed by atoms with Crippen LogP contribution in [0.25, 0.3) is 0 Å². The molecular formula is C15H17Cl2NO3. The average molecular weight is 330 g/mol. The molecule has 0 heterocycles. The number of hydrogen-bond acceptors (Lipinski definition) is 2. The Hall–Kier alpha value is -1.26. The van der Waals surface area contributed by atoms with Gasteiger partial charge in [-0.3, -0.25) is 9.59 Å².